The highest BCUT2D eigenvalue weighted by atomic mass is 32.2. The number of hydrogen-bond donors (Lipinski definition) is 0. The average Bonchev–Trinajstić information content (AvgIpc) is 2.04. The van der Waals surface area contributed by atoms with Crippen molar-refractivity contribution in [3.63, 3.8) is 0 Å². The molecule has 1 aromatic rings. The molecule has 0 aliphatic carbocycles. The maximum atomic E-state index is 10.0. The van der Waals surface area contributed by atoms with Gasteiger partial charge in [-0.2, -0.15) is 0 Å². The fourth-order valence-corrected chi connectivity index (χ4v) is 1.30. The molecule has 0 saturated carbocycles. The molecule has 0 N–H and O–H groups in total. The van der Waals surface area contributed by atoms with Crippen molar-refractivity contribution in [2.45, 2.75) is 4.90 Å². The fraction of sp³-hybridized carbons (Fsp3) is 0.143. The Labute approximate surface area is 73.6 Å². The summed E-state index contributed by atoms with van der Waals surface area (Å²) in [6.07, 6.45) is 1.84. The van der Waals surface area contributed by atoms with E-state index >= 15 is 0 Å². The standard InChI is InChI=1S/C7H7NO3S/c1-12-7-5-3-2-4-6(7)11-8(9)10/h2-5H,1H3. The van der Waals surface area contributed by atoms with Gasteiger partial charge in [-0.15, -0.1) is 21.9 Å². The fourth-order valence-electron chi connectivity index (χ4n) is 0.775. The lowest BCUT2D eigenvalue weighted by Crippen LogP contribution is -2.03. The van der Waals surface area contributed by atoms with Gasteiger partial charge in [-0.3, -0.25) is 4.84 Å². The van der Waals surface area contributed by atoms with Crippen LogP contribution in [0.15, 0.2) is 29.2 Å². The number of para-hydroxylation sites is 1. The Morgan fingerprint density at radius 1 is 1.50 bits per heavy atom. The maximum Gasteiger partial charge on any atom is 0.299 e. The van der Waals surface area contributed by atoms with Crippen molar-refractivity contribution in [3.05, 3.63) is 34.4 Å². The summed E-state index contributed by atoms with van der Waals surface area (Å²) in [7, 11) is 0. The van der Waals surface area contributed by atoms with E-state index in [2.05, 4.69) is 4.84 Å². The smallest absolute Gasteiger partial charge is 0.275 e. The lowest BCUT2D eigenvalue weighted by atomic mass is 10.3. The normalized spacial score (nSPS) is 9.42. The molecule has 1 aromatic carbocycles. The highest BCUT2D eigenvalue weighted by molar-refractivity contribution is 7.98. The van der Waals surface area contributed by atoms with Crippen molar-refractivity contribution in [2.75, 3.05) is 6.26 Å². The minimum Gasteiger partial charge on any atom is -0.275 e. The zero-order valence-electron chi connectivity index (χ0n) is 6.39. The van der Waals surface area contributed by atoms with Crippen LogP contribution in [0, 0.1) is 10.1 Å². The summed E-state index contributed by atoms with van der Waals surface area (Å²) in [5, 5.41) is 9.20. The summed E-state index contributed by atoms with van der Waals surface area (Å²) in [5.41, 5.74) is 0. The molecule has 0 bridgehead atoms. The van der Waals surface area contributed by atoms with E-state index in [1.807, 2.05) is 6.26 Å². The average molecular weight is 185 g/mol. The Kier molecular flexibility index (Phi) is 2.93. The maximum absolute atomic E-state index is 10.0. The van der Waals surface area contributed by atoms with E-state index in [0.29, 0.717) is 0 Å². The van der Waals surface area contributed by atoms with E-state index in [9.17, 15) is 10.1 Å². The summed E-state index contributed by atoms with van der Waals surface area (Å²) >= 11 is 1.41. The zero-order valence-corrected chi connectivity index (χ0v) is 7.21. The molecule has 64 valence electrons. The van der Waals surface area contributed by atoms with Crippen LogP contribution in [0.4, 0.5) is 0 Å². The third-order valence-corrected chi connectivity index (χ3v) is 2.02. The Morgan fingerprint density at radius 3 is 2.75 bits per heavy atom. The van der Waals surface area contributed by atoms with Gasteiger partial charge in [0.1, 0.15) is 5.75 Å². The quantitative estimate of drug-likeness (QED) is 0.410. The van der Waals surface area contributed by atoms with Gasteiger partial charge in [0.2, 0.25) is 0 Å². The first-order valence-electron chi connectivity index (χ1n) is 3.19. The van der Waals surface area contributed by atoms with Gasteiger partial charge >= 0.3 is 0 Å². The first kappa shape index (κ1) is 8.86. The molecule has 0 amide bonds. The second-order valence-electron chi connectivity index (χ2n) is 1.97. The molecule has 4 nitrogen and oxygen atoms in total. The minimum atomic E-state index is -0.810. The van der Waals surface area contributed by atoms with Crippen LogP contribution in [0.1, 0.15) is 0 Å². The summed E-state index contributed by atoms with van der Waals surface area (Å²) in [4.78, 5) is 15.1. The molecule has 1 rings (SSSR count). The largest absolute Gasteiger partial charge is 0.299 e. The predicted molar refractivity (Wildman–Crippen MR) is 45.8 cm³/mol. The van der Waals surface area contributed by atoms with Gasteiger partial charge in [0, 0.05) is 4.90 Å². The van der Waals surface area contributed by atoms with Gasteiger partial charge in [-0.25, -0.2) is 0 Å². The first-order valence-corrected chi connectivity index (χ1v) is 4.42. The number of rotatable bonds is 3. The van der Waals surface area contributed by atoms with E-state index in [1.165, 1.54) is 11.8 Å². The van der Waals surface area contributed by atoms with Gasteiger partial charge in [0.05, 0.1) is 0 Å². The summed E-state index contributed by atoms with van der Waals surface area (Å²) in [6, 6.07) is 6.83. The van der Waals surface area contributed by atoms with Crippen LogP contribution in [-0.4, -0.2) is 11.3 Å². The molecule has 0 unspecified atom stereocenters. The molecule has 0 atom stereocenters. The molecule has 0 aliphatic heterocycles. The molecule has 0 heterocycles. The lowest BCUT2D eigenvalue weighted by Gasteiger charge is -2.02. The summed E-state index contributed by atoms with van der Waals surface area (Å²) < 4.78 is 0. The van der Waals surface area contributed by atoms with E-state index in [4.69, 9.17) is 0 Å². The highest BCUT2D eigenvalue weighted by Crippen LogP contribution is 2.26. The molecule has 0 fully saturated rings. The second-order valence-corrected chi connectivity index (χ2v) is 2.81. The predicted octanol–water partition coefficient (Wildman–Crippen LogP) is 1.98. The molecule has 12 heavy (non-hydrogen) atoms. The van der Waals surface area contributed by atoms with Gasteiger partial charge in [-0.05, 0) is 18.4 Å². The molecule has 0 spiro atoms. The van der Waals surface area contributed by atoms with Crippen LogP contribution in [0.2, 0.25) is 0 Å². The zero-order chi connectivity index (χ0) is 8.97. The first-order chi connectivity index (χ1) is 5.74. The van der Waals surface area contributed by atoms with E-state index in [-0.39, 0.29) is 5.75 Å². The lowest BCUT2D eigenvalue weighted by molar-refractivity contribution is -0.711. The van der Waals surface area contributed by atoms with Crippen LogP contribution < -0.4 is 4.84 Å². The second kappa shape index (κ2) is 3.96. The van der Waals surface area contributed by atoms with Crippen molar-refractivity contribution >= 4 is 11.8 Å². The van der Waals surface area contributed by atoms with Crippen molar-refractivity contribution in [3.8, 4) is 5.75 Å². The topological polar surface area (TPSA) is 52.4 Å². The summed E-state index contributed by atoms with van der Waals surface area (Å²) in [6.45, 7) is 0. The highest BCUT2D eigenvalue weighted by Gasteiger charge is 2.03. The molecule has 0 saturated heterocycles. The monoisotopic (exact) mass is 185 g/mol. The van der Waals surface area contributed by atoms with E-state index in [0.717, 1.165) is 4.90 Å². The number of nitrogens with zero attached hydrogens (tertiary/aromatic N) is 1. The SMILES string of the molecule is CSc1ccccc1O[N+](=O)[O-]. The van der Waals surface area contributed by atoms with Crippen LogP contribution >= 0.6 is 11.8 Å². The summed E-state index contributed by atoms with van der Waals surface area (Å²) in [5.74, 6) is 0.287. The Balaban J connectivity index is 2.89. The van der Waals surface area contributed by atoms with Gasteiger partial charge in [0.15, 0.2) is 0 Å². The minimum absolute atomic E-state index is 0.287. The molecule has 0 radical (unpaired) electrons. The van der Waals surface area contributed by atoms with Crippen molar-refractivity contribution in [1.82, 2.24) is 0 Å². The van der Waals surface area contributed by atoms with Crippen LogP contribution in [0.3, 0.4) is 0 Å². The van der Waals surface area contributed by atoms with Crippen molar-refractivity contribution in [2.24, 2.45) is 0 Å². The van der Waals surface area contributed by atoms with Crippen LogP contribution in [0.25, 0.3) is 0 Å². The third-order valence-electron chi connectivity index (χ3n) is 1.24. The van der Waals surface area contributed by atoms with Gasteiger partial charge in [0.25, 0.3) is 5.09 Å². The molecule has 0 aliphatic rings. The Morgan fingerprint density at radius 2 is 2.17 bits per heavy atom. The van der Waals surface area contributed by atoms with Crippen LogP contribution in [0.5, 0.6) is 5.75 Å². The number of hydrogen-bond acceptors (Lipinski definition) is 4. The molecular formula is C7H7NO3S. The molecule has 0 aromatic heterocycles. The molecule has 5 heteroatoms. The van der Waals surface area contributed by atoms with Crippen LogP contribution in [-0.2, 0) is 0 Å². The Bertz CT molecular complexity index is 290. The van der Waals surface area contributed by atoms with E-state index in [1.54, 1.807) is 24.3 Å². The van der Waals surface area contributed by atoms with Gasteiger partial charge < -0.3 is 0 Å². The third kappa shape index (κ3) is 2.13. The van der Waals surface area contributed by atoms with Crippen molar-refractivity contribution < 1.29 is 9.92 Å². The van der Waals surface area contributed by atoms with E-state index < -0.39 is 5.09 Å². The number of benzene rings is 1. The molecular weight excluding hydrogens is 178 g/mol. The van der Waals surface area contributed by atoms with Crippen molar-refractivity contribution in [1.29, 1.82) is 0 Å². The number of thioether (sulfide) groups is 1. The Hall–Kier alpha value is -1.23. The van der Waals surface area contributed by atoms with Gasteiger partial charge in [-0.1, -0.05) is 12.1 Å².